The third-order valence-electron chi connectivity index (χ3n) is 3.17. The Hall–Kier alpha value is -2.05. The van der Waals surface area contributed by atoms with Crippen LogP contribution in [0.5, 0.6) is 0 Å². The molecular formula is C15H18FN3O2. The van der Waals surface area contributed by atoms with E-state index >= 15 is 0 Å². The zero-order valence-corrected chi connectivity index (χ0v) is 12.1. The minimum Gasteiger partial charge on any atom is -0.392 e. The van der Waals surface area contributed by atoms with Gasteiger partial charge in [0.05, 0.1) is 13.2 Å². The molecule has 1 aromatic heterocycles. The normalized spacial score (nSPS) is 10.7. The third kappa shape index (κ3) is 3.53. The van der Waals surface area contributed by atoms with Crippen molar-refractivity contribution in [2.45, 2.75) is 6.61 Å². The first-order valence-electron chi connectivity index (χ1n) is 6.58. The van der Waals surface area contributed by atoms with Gasteiger partial charge in [0.15, 0.2) is 0 Å². The Morgan fingerprint density at radius 2 is 2.00 bits per heavy atom. The van der Waals surface area contributed by atoms with E-state index in [4.69, 9.17) is 9.84 Å². The first kappa shape index (κ1) is 15.3. The minimum atomic E-state index is -0.441. The van der Waals surface area contributed by atoms with Crippen LogP contribution in [0.3, 0.4) is 0 Å². The molecule has 0 aliphatic rings. The number of methoxy groups -OCH3 is 1. The molecule has 21 heavy (non-hydrogen) atoms. The highest BCUT2D eigenvalue weighted by atomic mass is 19.1. The largest absolute Gasteiger partial charge is 0.392 e. The molecule has 2 rings (SSSR count). The van der Waals surface area contributed by atoms with E-state index in [1.807, 2.05) is 11.9 Å². The Morgan fingerprint density at radius 3 is 2.62 bits per heavy atom. The Labute approximate surface area is 123 Å². The van der Waals surface area contributed by atoms with Crippen LogP contribution in [-0.4, -0.2) is 42.4 Å². The molecule has 0 saturated heterocycles. The van der Waals surface area contributed by atoms with Gasteiger partial charge in [-0.25, -0.2) is 14.4 Å². The highest BCUT2D eigenvalue weighted by Crippen LogP contribution is 2.24. The van der Waals surface area contributed by atoms with Crippen molar-refractivity contribution >= 4 is 5.95 Å². The monoisotopic (exact) mass is 291 g/mol. The molecule has 5 nitrogen and oxygen atoms in total. The molecule has 0 fully saturated rings. The summed E-state index contributed by atoms with van der Waals surface area (Å²) in [6.07, 6.45) is 3.15. The van der Waals surface area contributed by atoms with Crippen molar-refractivity contribution in [1.82, 2.24) is 9.97 Å². The van der Waals surface area contributed by atoms with Crippen LogP contribution in [0.25, 0.3) is 11.1 Å². The number of likely N-dealkylation sites (N-methyl/N-ethyl adjacent to an activating group) is 1. The predicted octanol–water partition coefficient (Wildman–Crippen LogP) is 1.86. The molecular weight excluding hydrogens is 273 g/mol. The van der Waals surface area contributed by atoms with E-state index in [-0.39, 0.29) is 12.2 Å². The highest BCUT2D eigenvalue weighted by molar-refractivity contribution is 5.63. The molecule has 0 bridgehead atoms. The van der Waals surface area contributed by atoms with Crippen molar-refractivity contribution in [3.05, 3.63) is 42.0 Å². The molecule has 1 aromatic carbocycles. The van der Waals surface area contributed by atoms with Crippen LogP contribution >= 0.6 is 0 Å². The van der Waals surface area contributed by atoms with Gasteiger partial charge in [-0.1, -0.05) is 18.2 Å². The number of aliphatic hydroxyl groups excluding tert-OH is 1. The van der Waals surface area contributed by atoms with E-state index in [1.54, 1.807) is 37.7 Å². The molecule has 0 amide bonds. The van der Waals surface area contributed by atoms with Crippen LogP contribution in [-0.2, 0) is 11.3 Å². The summed E-state index contributed by atoms with van der Waals surface area (Å²) < 4.78 is 19.1. The Morgan fingerprint density at radius 1 is 1.29 bits per heavy atom. The van der Waals surface area contributed by atoms with Crippen molar-refractivity contribution in [3.8, 4) is 11.1 Å². The van der Waals surface area contributed by atoms with E-state index in [0.29, 0.717) is 30.2 Å². The van der Waals surface area contributed by atoms with Gasteiger partial charge in [-0.05, 0) is 0 Å². The quantitative estimate of drug-likeness (QED) is 0.880. The average Bonchev–Trinajstić information content (AvgIpc) is 2.53. The molecule has 1 heterocycles. The van der Waals surface area contributed by atoms with Crippen LogP contribution in [0.2, 0.25) is 0 Å². The van der Waals surface area contributed by atoms with Crippen molar-refractivity contribution in [1.29, 1.82) is 0 Å². The zero-order chi connectivity index (χ0) is 15.2. The molecule has 1 N–H and O–H groups in total. The van der Waals surface area contributed by atoms with Crippen molar-refractivity contribution in [3.63, 3.8) is 0 Å². The van der Waals surface area contributed by atoms with Crippen molar-refractivity contribution in [2.24, 2.45) is 0 Å². The summed E-state index contributed by atoms with van der Waals surface area (Å²) in [5.41, 5.74) is 1.22. The summed E-state index contributed by atoms with van der Waals surface area (Å²) in [7, 11) is 3.50. The SMILES string of the molecule is COCCN(C)c1ncc(-c2cccc(CO)c2F)cn1. The van der Waals surface area contributed by atoms with E-state index in [9.17, 15) is 4.39 Å². The number of hydrogen-bond acceptors (Lipinski definition) is 5. The zero-order valence-electron chi connectivity index (χ0n) is 12.1. The summed E-state index contributed by atoms with van der Waals surface area (Å²) in [6.45, 7) is 0.914. The fraction of sp³-hybridized carbons (Fsp3) is 0.333. The molecule has 0 aliphatic heterocycles. The number of aliphatic hydroxyl groups is 1. The molecule has 6 heteroatoms. The first-order valence-corrected chi connectivity index (χ1v) is 6.58. The van der Waals surface area contributed by atoms with Gasteiger partial charge >= 0.3 is 0 Å². The van der Waals surface area contributed by atoms with Gasteiger partial charge in [0.2, 0.25) is 5.95 Å². The van der Waals surface area contributed by atoms with Gasteiger partial charge in [0.25, 0.3) is 0 Å². The summed E-state index contributed by atoms with van der Waals surface area (Å²) in [4.78, 5) is 10.3. The average molecular weight is 291 g/mol. The van der Waals surface area contributed by atoms with Crippen LogP contribution in [0.1, 0.15) is 5.56 Å². The molecule has 0 aliphatic carbocycles. The molecule has 0 atom stereocenters. The van der Waals surface area contributed by atoms with Crippen LogP contribution in [0.15, 0.2) is 30.6 Å². The maximum atomic E-state index is 14.1. The van der Waals surface area contributed by atoms with Gasteiger partial charge in [0.1, 0.15) is 5.82 Å². The fourth-order valence-corrected chi connectivity index (χ4v) is 1.91. The van der Waals surface area contributed by atoms with Crippen LogP contribution in [0, 0.1) is 5.82 Å². The van der Waals surface area contributed by atoms with Gasteiger partial charge in [0, 0.05) is 49.8 Å². The van der Waals surface area contributed by atoms with Gasteiger partial charge in [-0.15, -0.1) is 0 Å². The Balaban J connectivity index is 2.23. The molecule has 0 saturated carbocycles. The van der Waals surface area contributed by atoms with E-state index in [0.717, 1.165) is 0 Å². The second-order valence-electron chi connectivity index (χ2n) is 4.62. The lowest BCUT2D eigenvalue weighted by atomic mass is 10.1. The Kier molecular flexibility index (Phi) is 5.19. The standard InChI is InChI=1S/C15H18FN3O2/c1-19(6-7-21-2)15-17-8-12(9-18-15)13-5-3-4-11(10-20)14(13)16/h3-5,8-9,20H,6-7,10H2,1-2H3. The van der Waals surface area contributed by atoms with Crippen LogP contribution in [0.4, 0.5) is 10.3 Å². The third-order valence-corrected chi connectivity index (χ3v) is 3.17. The maximum absolute atomic E-state index is 14.1. The molecule has 0 spiro atoms. The van der Waals surface area contributed by atoms with E-state index < -0.39 is 5.82 Å². The summed E-state index contributed by atoms with van der Waals surface area (Å²) in [5.74, 6) is 0.110. The lowest BCUT2D eigenvalue weighted by Crippen LogP contribution is -2.23. The molecule has 0 unspecified atom stereocenters. The van der Waals surface area contributed by atoms with Gasteiger partial charge in [-0.2, -0.15) is 0 Å². The highest BCUT2D eigenvalue weighted by Gasteiger charge is 2.11. The number of aromatic nitrogens is 2. The van der Waals surface area contributed by atoms with E-state index in [1.165, 1.54) is 0 Å². The van der Waals surface area contributed by atoms with Crippen molar-refractivity contribution < 1.29 is 14.2 Å². The second-order valence-corrected chi connectivity index (χ2v) is 4.62. The maximum Gasteiger partial charge on any atom is 0.225 e. The summed E-state index contributed by atoms with van der Waals surface area (Å²) in [6, 6.07) is 4.89. The number of hydrogen-bond donors (Lipinski definition) is 1. The first-order chi connectivity index (χ1) is 10.2. The lowest BCUT2D eigenvalue weighted by Gasteiger charge is -2.16. The van der Waals surface area contributed by atoms with Gasteiger partial charge < -0.3 is 14.7 Å². The summed E-state index contributed by atoms with van der Waals surface area (Å²) >= 11 is 0. The van der Waals surface area contributed by atoms with Crippen molar-refractivity contribution in [2.75, 3.05) is 32.2 Å². The predicted molar refractivity (Wildman–Crippen MR) is 78.5 cm³/mol. The number of nitrogens with zero attached hydrogens (tertiary/aromatic N) is 3. The van der Waals surface area contributed by atoms with E-state index in [2.05, 4.69) is 9.97 Å². The number of ether oxygens (including phenoxy) is 1. The number of benzene rings is 1. The second kappa shape index (κ2) is 7.10. The molecule has 0 radical (unpaired) electrons. The number of halogens is 1. The Bertz CT molecular complexity index is 590. The topological polar surface area (TPSA) is 58.5 Å². The summed E-state index contributed by atoms with van der Waals surface area (Å²) in [5, 5.41) is 9.10. The van der Waals surface area contributed by atoms with Crippen LogP contribution < -0.4 is 4.90 Å². The number of anilines is 1. The molecule has 2 aromatic rings. The fourth-order valence-electron chi connectivity index (χ4n) is 1.91. The molecule has 112 valence electrons. The lowest BCUT2D eigenvalue weighted by molar-refractivity contribution is 0.206. The number of rotatable bonds is 6. The smallest absolute Gasteiger partial charge is 0.225 e. The van der Waals surface area contributed by atoms with Gasteiger partial charge in [-0.3, -0.25) is 0 Å². The minimum absolute atomic E-state index is 0.258.